The first-order valence-corrected chi connectivity index (χ1v) is 9.79. The maximum atomic E-state index is 12.1. The minimum Gasteiger partial charge on any atom is -0.455 e. The van der Waals surface area contributed by atoms with E-state index in [9.17, 15) is 9.59 Å². The number of thiazole rings is 1. The number of piperidine rings is 1. The Kier molecular flexibility index (Phi) is 5.63. The molecule has 24 heavy (non-hydrogen) atoms. The average molecular weight is 364 g/mol. The van der Waals surface area contributed by atoms with Crippen molar-refractivity contribution in [3.8, 4) is 9.88 Å². The van der Waals surface area contributed by atoms with E-state index in [1.807, 2.05) is 22.9 Å². The van der Waals surface area contributed by atoms with Crippen LogP contribution < -0.4 is 0 Å². The number of amides is 1. The van der Waals surface area contributed by atoms with Crippen molar-refractivity contribution in [2.75, 3.05) is 19.7 Å². The molecule has 1 saturated heterocycles. The van der Waals surface area contributed by atoms with Gasteiger partial charge < -0.3 is 9.64 Å². The van der Waals surface area contributed by atoms with Gasteiger partial charge >= 0.3 is 5.97 Å². The molecule has 0 spiro atoms. The van der Waals surface area contributed by atoms with Gasteiger partial charge in [-0.15, -0.1) is 22.7 Å². The van der Waals surface area contributed by atoms with Crippen LogP contribution in [0.15, 0.2) is 22.9 Å². The van der Waals surface area contributed by atoms with Crippen LogP contribution in [0.2, 0.25) is 0 Å². The number of esters is 1. The second kappa shape index (κ2) is 7.90. The standard InChI is InChI=1S/C17H20N2O3S2/c1-12-4-6-19(7-5-12)15(20)10-22-16(21)9-13-11-24-17(18-13)14-3-2-8-23-14/h2-3,8,11-12H,4-7,9-10H2,1H3. The summed E-state index contributed by atoms with van der Waals surface area (Å²) in [4.78, 5) is 31.3. The smallest absolute Gasteiger partial charge is 0.312 e. The third-order valence-corrected chi connectivity index (χ3v) is 6.03. The lowest BCUT2D eigenvalue weighted by atomic mass is 9.99. The summed E-state index contributed by atoms with van der Waals surface area (Å²) in [5.41, 5.74) is 0.688. The summed E-state index contributed by atoms with van der Waals surface area (Å²) in [6.07, 6.45) is 2.14. The number of carbonyl (C=O) groups is 2. The molecule has 0 unspecified atom stereocenters. The molecule has 2 aromatic rings. The Balaban J connectivity index is 1.45. The summed E-state index contributed by atoms with van der Waals surface area (Å²) in [5, 5.41) is 4.77. The third-order valence-electron chi connectivity index (χ3n) is 4.10. The second-order valence-electron chi connectivity index (χ2n) is 6.02. The Morgan fingerprint density at radius 3 is 2.83 bits per heavy atom. The molecule has 0 aromatic carbocycles. The highest BCUT2D eigenvalue weighted by Crippen LogP contribution is 2.27. The van der Waals surface area contributed by atoms with Crippen molar-refractivity contribution in [3.05, 3.63) is 28.6 Å². The maximum absolute atomic E-state index is 12.1. The molecule has 1 fully saturated rings. The van der Waals surface area contributed by atoms with E-state index in [1.165, 1.54) is 11.3 Å². The van der Waals surface area contributed by atoms with Crippen molar-refractivity contribution in [1.82, 2.24) is 9.88 Å². The molecule has 0 N–H and O–H groups in total. The molecule has 0 aliphatic carbocycles. The van der Waals surface area contributed by atoms with E-state index in [-0.39, 0.29) is 18.9 Å². The molecule has 0 atom stereocenters. The molecule has 1 amide bonds. The SMILES string of the molecule is CC1CCN(C(=O)COC(=O)Cc2csc(-c3cccs3)n2)CC1. The molecule has 1 aliphatic heterocycles. The van der Waals surface area contributed by atoms with Gasteiger partial charge in [0.15, 0.2) is 6.61 Å². The summed E-state index contributed by atoms with van der Waals surface area (Å²) in [6.45, 7) is 3.54. The summed E-state index contributed by atoms with van der Waals surface area (Å²) in [5.74, 6) is 0.156. The van der Waals surface area contributed by atoms with Crippen LogP contribution in [0, 0.1) is 5.92 Å². The number of ether oxygens (including phenoxy) is 1. The van der Waals surface area contributed by atoms with Gasteiger partial charge in [-0.25, -0.2) is 4.98 Å². The van der Waals surface area contributed by atoms with Crippen molar-refractivity contribution >= 4 is 34.6 Å². The van der Waals surface area contributed by atoms with E-state index in [1.54, 1.807) is 16.2 Å². The molecule has 0 radical (unpaired) electrons. The normalized spacial score (nSPS) is 15.5. The molecule has 3 rings (SSSR count). The van der Waals surface area contributed by atoms with Gasteiger partial charge in [0.1, 0.15) is 5.01 Å². The van der Waals surface area contributed by atoms with Crippen LogP contribution in [0.1, 0.15) is 25.5 Å². The maximum Gasteiger partial charge on any atom is 0.312 e. The number of likely N-dealkylation sites (tertiary alicyclic amines) is 1. The van der Waals surface area contributed by atoms with Crippen LogP contribution in [0.3, 0.4) is 0 Å². The number of hydrogen-bond donors (Lipinski definition) is 0. The first-order chi connectivity index (χ1) is 11.6. The topological polar surface area (TPSA) is 59.5 Å². The predicted molar refractivity (Wildman–Crippen MR) is 95.1 cm³/mol. The van der Waals surface area contributed by atoms with E-state index >= 15 is 0 Å². The first kappa shape index (κ1) is 17.1. The Hall–Kier alpha value is -1.73. The second-order valence-corrected chi connectivity index (χ2v) is 7.83. The fraction of sp³-hybridized carbons (Fsp3) is 0.471. The lowest BCUT2D eigenvalue weighted by molar-refractivity contribution is -0.152. The highest BCUT2D eigenvalue weighted by Gasteiger charge is 2.21. The van der Waals surface area contributed by atoms with Gasteiger partial charge in [-0.3, -0.25) is 9.59 Å². The van der Waals surface area contributed by atoms with Gasteiger partial charge in [0.25, 0.3) is 5.91 Å². The fourth-order valence-corrected chi connectivity index (χ4v) is 4.23. The fourth-order valence-electron chi connectivity index (χ4n) is 2.59. The minimum absolute atomic E-state index is 0.103. The van der Waals surface area contributed by atoms with E-state index in [4.69, 9.17) is 4.74 Å². The van der Waals surface area contributed by atoms with Crippen LogP contribution in [-0.4, -0.2) is 41.5 Å². The number of thiophene rings is 1. The quantitative estimate of drug-likeness (QED) is 0.765. The lowest BCUT2D eigenvalue weighted by Crippen LogP contribution is -2.40. The van der Waals surface area contributed by atoms with Crippen molar-refractivity contribution < 1.29 is 14.3 Å². The number of aromatic nitrogens is 1. The molecule has 0 saturated carbocycles. The minimum atomic E-state index is -0.406. The van der Waals surface area contributed by atoms with Gasteiger partial charge in [0.2, 0.25) is 0 Å². The first-order valence-electron chi connectivity index (χ1n) is 8.03. The van der Waals surface area contributed by atoms with Crippen molar-refractivity contribution in [2.24, 2.45) is 5.92 Å². The van der Waals surface area contributed by atoms with Crippen molar-refractivity contribution in [2.45, 2.75) is 26.2 Å². The van der Waals surface area contributed by atoms with E-state index < -0.39 is 5.97 Å². The van der Waals surface area contributed by atoms with Crippen LogP contribution in [0.5, 0.6) is 0 Å². The van der Waals surface area contributed by atoms with Gasteiger partial charge in [-0.2, -0.15) is 0 Å². The Labute approximate surface area is 149 Å². The monoisotopic (exact) mass is 364 g/mol. The van der Waals surface area contributed by atoms with Crippen molar-refractivity contribution in [3.63, 3.8) is 0 Å². The molecule has 5 nitrogen and oxygen atoms in total. The Bertz CT molecular complexity index is 689. The predicted octanol–water partition coefficient (Wildman–Crippen LogP) is 3.22. The molecule has 7 heteroatoms. The van der Waals surface area contributed by atoms with E-state index in [2.05, 4.69) is 11.9 Å². The van der Waals surface area contributed by atoms with Gasteiger partial charge in [0.05, 0.1) is 17.0 Å². The van der Waals surface area contributed by atoms with Crippen molar-refractivity contribution in [1.29, 1.82) is 0 Å². The van der Waals surface area contributed by atoms with Gasteiger partial charge in [0, 0.05) is 18.5 Å². The zero-order valence-electron chi connectivity index (χ0n) is 13.6. The van der Waals surface area contributed by atoms with Gasteiger partial charge in [-0.05, 0) is 30.2 Å². The zero-order chi connectivity index (χ0) is 16.9. The number of hydrogen-bond acceptors (Lipinski definition) is 6. The molecule has 2 aromatic heterocycles. The van der Waals surface area contributed by atoms with Crippen LogP contribution >= 0.6 is 22.7 Å². The average Bonchev–Trinajstić information content (AvgIpc) is 3.24. The number of rotatable bonds is 5. The highest BCUT2D eigenvalue weighted by atomic mass is 32.1. The molecular weight excluding hydrogens is 344 g/mol. The van der Waals surface area contributed by atoms with E-state index in [0.29, 0.717) is 11.6 Å². The Morgan fingerprint density at radius 1 is 1.33 bits per heavy atom. The van der Waals surface area contributed by atoms with Crippen LogP contribution in [0.25, 0.3) is 9.88 Å². The Morgan fingerprint density at radius 2 is 2.12 bits per heavy atom. The largest absolute Gasteiger partial charge is 0.455 e. The molecule has 0 bridgehead atoms. The zero-order valence-corrected chi connectivity index (χ0v) is 15.2. The summed E-state index contributed by atoms with van der Waals surface area (Å²) >= 11 is 3.13. The summed E-state index contributed by atoms with van der Waals surface area (Å²) < 4.78 is 5.12. The highest BCUT2D eigenvalue weighted by molar-refractivity contribution is 7.20. The summed E-state index contributed by atoms with van der Waals surface area (Å²) in [6, 6.07) is 3.98. The molecule has 128 valence electrons. The third kappa shape index (κ3) is 4.42. The molecule has 1 aliphatic rings. The lowest BCUT2D eigenvalue weighted by Gasteiger charge is -2.30. The van der Waals surface area contributed by atoms with Gasteiger partial charge in [-0.1, -0.05) is 13.0 Å². The van der Waals surface area contributed by atoms with E-state index in [0.717, 1.165) is 35.8 Å². The number of nitrogens with zero attached hydrogens (tertiary/aromatic N) is 2. The summed E-state index contributed by atoms with van der Waals surface area (Å²) in [7, 11) is 0. The van der Waals surface area contributed by atoms with Crippen LogP contribution in [0.4, 0.5) is 0 Å². The molecular formula is C17H20N2O3S2. The molecule has 3 heterocycles. The van der Waals surface area contributed by atoms with Crippen LogP contribution in [-0.2, 0) is 20.7 Å². The number of carbonyl (C=O) groups excluding carboxylic acids is 2.